The zero-order valence-electron chi connectivity index (χ0n) is 15.6. The minimum absolute atomic E-state index is 0.570. The van der Waals surface area contributed by atoms with Gasteiger partial charge in [-0.3, -0.25) is 0 Å². The van der Waals surface area contributed by atoms with Crippen LogP contribution in [0.5, 0.6) is 0 Å². The third-order valence-electron chi connectivity index (χ3n) is 7.42. The molecule has 4 bridgehead atoms. The first-order chi connectivity index (χ1) is 12.2. The molecular weight excluding hydrogens is 308 g/mol. The van der Waals surface area contributed by atoms with Crippen molar-refractivity contribution in [3.8, 4) is 0 Å². The predicted octanol–water partition coefficient (Wildman–Crippen LogP) is 3.46. The molecule has 4 nitrogen and oxygen atoms in total. The molecule has 5 fully saturated rings. The summed E-state index contributed by atoms with van der Waals surface area (Å²) in [6, 6.07) is 4.44. The first kappa shape index (κ1) is 15.9. The van der Waals surface area contributed by atoms with E-state index in [2.05, 4.69) is 39.3 Å². The molecule has 0 spiro atoms. The van der Waals surface area contributed by atoms with Crippen molar-refractivity contribution >= 4 is 11.5 Å². The van der Waals surface area contributed by atoms with E-state index in [9.17, 15) is 0 Å². The van der Waals surface area contributed by atoms with Gasteiger partial charge in [0, 0.05) is 50.7 Å². The van der Waals surface area contributed by atoms with E-state index in [1.54, 1.807) is 0 Å². The Bertz CT molecular complexity index is 585. The highest BCUT2D eigenvalue weighted by Gasteiger charge is 2.50. The molecule has 1 aromatic heterocycles. The highest BCUT2D eigenvalue weighted by atomic mass is 15.2. The number of hydrogen-bond acceptors (Lipinski definition) is 4. The van der Waals surface area contributed by atoms with Crippen LogP contribution in [-0.2, 0) is 0 Å². The van der Waals surface area contributed by atoms with Gasteiger partial charge in [0.1, 0.15) is 5.82 Å². The lowest BCUT2D eigenvalue weighted by molar-refractivity contribution is -0.0444. The van der Waals surface area contributed by atoms with Crippen LogP contribution in [0.25, 0.3) is 0 Å². The van der Waals surface area contributed by atoms with E-state index >= 15 is 0 Å². The lowest BCUT2D eigenvalue weighted by Crippen LogP contribution is -2.49. The third kappa shape index (κ3) is 3.14. The van der Waals surface area contributed by atoms with Gasteiger partial charge in [0.2, 0.25) is 0 Å². The van der Waals surface area contributed by atoms with Crippen LogP contribution >= 0.6 is 0 Å². The Labute approximate surface area is 152 Å². The van der Waals surface area contributed by atoms with Crippen molar-refractivity contribution in [3.05, 3.63) is 18.3 Å². The second-order valence-electron chi connectivity index (χ2n) is 9.46. The second-order valence-corrected chi connectivity index (χ2v) is 9.46. The van der Waals surface area contributed by atoms with Gasteiger partial charge in [-0.2, -0.15) is 0 Å². The van der Waals surface area contributed by atoms with Gasteiger partial charge in [-0.15, -0.1) is 0 Å². The molecule has 4 aliphatic carbocycles. The smallest absolute Gasteiger partial charge is 0.127 e. The minimum atomic E-state index is 0.570. The van der Waals surface area contributed by atoms with Crippen LogP contribution in [0.3, 0.4) is 0 Å². The monoisotopic (exact) mass is 340 g/mol. The van der Waals surface area contributed by atoms with Crippen molar-refractivity contribution in [2.75, 3.05) is 50.0 Å². The van der Waals surface area contributed by atoms with Crippen molar-refractivity contribution < 1.29 is 0 Å². The highest BCUT2D eigenvalue weighted by Crippen LogP contribution is 2.59. The van der Waals surface area contributed by atoms with Gasteiger partial charge in [0.25, 0.3) is 0 Å². The van der Waals surface area contributed by atoms with Crippen LogP contribution < -0.4 is 10.2 Å². The fourth-order valence-electron chi connectivity index (χ4n) is 6.56. The number of piperazine rings is 1. The number of rotatable bonds is 4. The van der Waals surface area contributed by atoms with Gasteiger partial charge in [0.15, 0.2) is 0 Å². The summed E-state index contributed by atoms with van der Waals surface area (Å²) in [6.45, 7) is 5.68. The van der Waals surface area contributed by atoms with E-state index in [4.69, 9.17) is 0 Å². The number of pyridine rings is 1. The molecule has 1 aliphatic heterocycles. The van der Waals surface area contributed by atoms with Crippen molar-refractivity contribution in [2.45, 2.75) is 38.5 Å². The fourth-order valence-corrected chi connectivity index (χ4v) is 6.56. The summed E-state index contributed by atoms with van der Waals surface area (Å²) in [6.07, 6.45) is 10.9. The lowest BCUT2D eigenvalue weighted by Gasteiger charge is -2.57. The summed E-state index contributed by atoms with van der Waals surface area (Å²) < 4.78 is 0. The van der Waals surface area contributed by atoms with Crippen LogP contribution in [0.15, 0.2) is 18.3 Å². The molecule has 0 atom stereocenters. The third-order valence-corrected chi connectivity index (χ3v) is 7.42. The molecule has 0 aromatic carbocycles. The zero-order chi connectivity index (χ0) is 16.9. The molecule has 6 rings (SSSR count). The van der Waals surface area contributed by atoms with Gasteiger partial charge >= 0.3 is 0 Å². The van der Waals surface area contributed by atoms with Crippen LogP contribution in [0.2, 0.25) is 0 Å². The number of likely N-dealkylation sites (N-methyl/N-ethyl adjacent to an activating group) is 1. The molecule has 1 N–H and O–H groups in total. The lowest BCUT2D eigenvalue weighted by atomic mass is 9.49. The minimum Gasteiger partial charge on any atom is -0.369 e. The number of aromatic nitrogens is 1. The molecule has 5 aliphatic rings. The van der Waals surface area contributed by atoms with E-state index in [0.29, 0.717) is 5.41 Å². The van der Waals surface area contributed by atoms with E-state index in [-0.39, 0.29) is 0 Å². The topological polar surface area (TPSA) is 31.4 Å². The summed E-state index contributed by atoms with van der Waals surface area (Å²) in [5.41, 5.74) is 1.90. The SMILES string of the molecule is CN1CCN(c2ccnc(NC[C@]34C[C@H]5C[C@H](C[C@H](C5)C3)C4)c2)CC1. The maximum atomic E-state index is 4.62. The van der Waals surface area contributed by atoms with E-state index < -0.39 is 0 Å². The molecule has 0 unspecified atom stereocenters. The average molecular weight is 341 g/mol. The van der Waals surface area contributed by atoms with Crippen LogP contribution in [-0.4, -0.2) is 49.7 Å². The molecule has 136 valence electrons. The maximum Gasteiger partial charge on any atom is 0.127 e. The molecular formula is C21H32N4. The van der Waals surface area contributed by atoms with Gasteiger partial charge in [-0.25, -0.2) is 4.98 Å². The normalized spacial score (nSPS) is 37.5. The number of nitrogens with zero attached hydrogens (tertiary/aromatic N) is 3. The van der Waals surface area contributed by atoms with Gasteiger partial charge < -0.3 is 15.1 Å². The van der Waals surface area contributed by atoms with Crippen molar-refractivity contribution in [1.82, 2.24) is 9.88 Å². The Hall–Kier alpha value is -1.29. The average Bonchev–Trinajstić information content (AvgIpc) is 2.60. The summed E-state index contributed by atoms with van der Waals surface area (Å²) in [5, 5.41) is 3.74. The standard InChI is InChI=1S/C21H32N4/c1-24-4-6-25(7-5-24)19-2-3-22-20(11-19)23-15-21-12-16-8-17(13-21)10-18(9-16)14-21/h2-3,11,16-18H,4-10,12-15H2,1H3,(H,22,23)/t16-,17+,18-,21-. The Kier molecular flexibility index (Phi) is 3.92. The van der Waals surface area contributed by atoms with Crippen LogP contribution in [0, 0.1) is 23.2 Å². The van der Waals surface area contributed by atoms with E-state index in [0.717, 1.165) is 56.3 Å². The van der Waals surface area contributed by atoms with Gasteiger partial charge in [0.05, 0.1) is 0 Å². The molecule has 1 saturated heterocycles. The maximum absolute atomic E-state index is 4.62. The van der Waals surface area contributed by atoms with Crippen LogP contribution in [0.1, 0.15) is 38.5 Å². The molecule has 1 aromatic rings. The Morgan fingerprint density at radius 3 is 2.32 bits per heavy atom. The van der Waals surface area contributed by atoms with E-state index in [1.165, 1.54) is 44.2 Å². The second kappa shape index (κ2) is 6.15. The van der Waals surface area contributed by atoms with Crippen molar-refractivity contribution in [1.29, 1.82) is 0 Å². The number of hydrogen-bond donors (Lipinski definition) is 1. The molecule has 4 heteroatoms. The van der Waals surface area contributed by atoms with Crippen molar-refractivity contribution in [2.24, 2.45) is 23.2 Å². The molecule has 2 heterocycles. The first-order valence-electron chi connectivity index (χ1n) is 10.3. The highest BCUT2D eigenvalue weighted by molar-refractivity contribution is 5.54. The number of anilines is 2. The zero-order valence-corrected chi connectivity index (χ0v) is 15.6. The largest absolute Gasteiger partial charge is 0.369 e. The Morgan fingerprint density at radius 2 is 1.68 bits per heavy atom. The summed E-state index contributed by atoms with van der Waals surface area (Å²) in [5.74, 6) is 4.15. The van der Waals surface area contributed by atoms with Crippen LogP contribution in [0.4, 0.5) is 11.5 Å². The first-order valence-corrected chi connectivity index (χ1v) is 10.3. The number of nitrogens with one attached hydrogen (secondary N) is 1. The summed E-state index contributed by atoms with van der Waals surface area (Å²) >= 11 is 0. The predicted molar refractivity (Wildman–Crippen MR) is 103 cm³/mol. The molecule has 25 heavy (non-hydrogen) atoms. The summed E-state index contributed by atoms with van der Waals surface area (Å²) in [7, 11) is 2.21. The molecule has 0 radical (unpaired) electrons. The van der Waals surface area contributed by atoms with Gasteiger partial charge in [-0.1, -0.05) is 0 Å². The molecule has 0 amide bonds. The quantitative estimate of drug-likeness (QED) is 0.909. The molecule has 4 saturated carbocycles. The van der Waals surface area contributed by atoms with E-state index in [1.807, 2.05) is 6.20 Å². The Morgan fingerprint density at radius 1 is 1.04 bits per heavy atom. The van der Waals surface area contributed by atoms with Gasteiger partial charge in [-0.05, 0) is 74.8 Å². The summed E-state index contributed by atoms with van der Waals surface area (Å²) in [4.78, 5) is 9.52. The Balaban J connectivity index is 1.25. The fraction of sp³-hybridized carbons (Fsp3) is 0.762. The van der Waals surface area contributed by atoms with Crippen molar-refractivity contribution in [3.63, 3.8) is 0 Å².